The van der Waals surface area contributed by atoms with Crippen LogP contribution < -0.4 is 14.4 Å². The van der Waals surface area contributed by atoms with Crippen molar-refractivity contribution in [2.45, 2.75) is 90.1 Å². The summed E-state index contributed by atoms with van der Waals surface area (Å²) in [6, 6.07) is 10.9. The number of hydrogen-bond acceptors (Lipinski definition) is 7. The molecular formula is C37H50ClN3O6S. The Hall–Kier alpha value is -3.08. The van der Waals surface area contributed by atoms with Gasteiger partial charge in [-0.15, -0.1) is 0 Å². The number of nitrogens with one attached hydrogen (secondary N) is 1. The number of rotatable bonds is 4. The first kappa shape index (κ1) is 36.2. The number of allylic oxidation sites excluding steroid dienone is 1. The molecule has 2 aromatic carbocycles. The minimum Gasteiger partial charge on any atom is -0.487 e. The zero-order valence-electron chi connectivity index (χ0n) is 28.6. The molecule has 0 radical (unpaired) electrons. The number of hydrogen-bond donors (Lipinski definition) is 2. The molecule has 2 amide bonds. The molecule has 11 heteroatoms. The molecular weight excluding hydrogens is 650 g/mol. The molecule has 48 heavy (non-hydrogen) atoms. The summed E-state index contributed by atoms with van der Waals surface area (Å²) < 4.78 is 35.5. The Morgan fingerprint density at radius 3 is 2.58 bits per heavy atom. The van der Waals surface area contributed by atoms with Crippen LogP contribution in [0.25, 0.3) is 0 Å². The number of aliphatic hydroxyl groups is 1. The maximum Gasteiger partial charge on any atom is 0.264 e. The maximum atomic E-state index is 13.5. The van der Waals surface area contributed by atoms with Gasteiger partial charge < -0.3 is 19.6 Å². The first-order valence-corrected chi connectivity index (χ1v) is 19.3. The van der Waals surface area contributed by atoms with E-state index < -0.39 is 26.8 Å². The first-order chi connectivity index (χ1) is 22.8. The van der Waals surface area contributed by atoms with E-state index in [0.29, 0.717) is 55.7 Å². The zero-order chi connectivity index (χ0) is 34.6. The van der Waals surface area contributed by atoms with Gasteiger partial charge in [0.15, 0.2) is 0 Å². The van der Waals surface area contributed by atoms with Gasteiger partial charge in [-0.3, -0.25) is 9.59 Å². The normalized spacial score (nSPS) is 28.3. The number of carbonyl (C=O) groups is 2. The average Bonchev–Trinajstić information content (AvgIpc) is 3.05. The van der Waals surface area contributed by atoms with Crippen molar-refractivity contribution in [3.63, 3.8) is 0 Å². The minimum absolute atomic E-state index is 0.0324. The van der Waals surface area contributed by atoms with Crippen LogP contribution >= 0.6 is 11.6 Å². The summed E-state index contributed by atoms with van der Waals surface area (Å²) in [7, 11) is -4.02. The molecule has 9 nitrogen and oxygen atoms in total. The second-order valence-corrected chi connectivity index (χ2v) is 16.2. The number of benzene rings is 2. The second-order valence-electron chi connectivity index (χ2n) is 13.8. The van der Waals surface area contributed by atoms with Gasteiger partial charge in [0.2, 0.25) is 15.9 Å². The molecule has 0 aromatic heterocycles. The van der Waals surface area contributed by atoms with Crippen molar-refractivity contribution in [2.75, 3.05) is 31.1 Å². The van der Waals surface area contributed by atoms with E-state index in [1.165, 1.54) is 0 Å². The predicted molar refractivity (Wildman–Crippen MR) is 190 cm³/mol. The summed E-state index contributed by atoms with van der Waals surface area (Å²) in [5.41, 5.74) is 1.73. The van der Waals surface area contributed by atoms with Gasteiger partial charge in [-0.2, -0.15) is 0 Å². The number of fused-ring (bicyclic) bond motifs is 3. The number of anilines is 1. The van der Waals surface area contributed by atoms with E-state index in [9.17, 15) is 23.1 Å². The highest BCUT2D eigenvalue weighted by Crippen LogP contribution is 2.46. The molecule has 2 aromatic rings. The van der Waals surface area contributed by atoms with Crippen molar-refractivity contribution < 1.29 is 27.9 Å². The van der Waals surface area contributed by atoms with E-state index in [2.05, 4.69) is 9.62 Å². The Balaban J connectivity index is 1.57. The van der Waals surface area contributed by atoms with Gasteiger partial charge >= 0.3 is 0 Å². The van der Waals surface area contributed by atoms with Crippen molar-refractivity contribution >= 4 is 39.1 Å². The number of sulfonamides is 1. The number of ether oxygens (including phenoxy) is 1. The topological polar surface area (TPSA) is 116 Å². The molecule has 0 saturated heterocycles. The lowest BCUT2D eigenvalue weighted by molar-refractivity contribution is -0.139. The SMILES string of the molecule is CCN(CC)C(=O)C[C@]1(O)/C=C/C[C@H](C)[C@@H](C)S(=O)(=O)NC(=O)c2ccc3c(c2)N(CCCCc2cc(Cl)ccc2CO3)C[C@@H]2CC[C@H]21. The third-order valence-corrected chi connectivity index (χ3v) is 12.9. The fraction of sp³-hybridized carbons (Fsp3) is 0.568. The van der Waals surface area contributed by atoms with Crippen molar-refractivity contribution in [3.8, 4) is 5.75 Å². The summed E-state index contributed by atoms with van der Waals surface area (Å²) in [5.74, 6) is -0.633. The van der Waals surface area contributed by atoms with Crippen LogP contribution in [0, 0.1) is 17.8 Å². The van der Waals surface area contributed by atoms with Gasteiger partial charge in [-0.05, 0) is 119 Å². The molecule has 0 spiro atoms. The van der Waals surface area contributed by atoms with Crippen LogP contribution in [0.2, 0.25) is 5.02 Å². The number of aryl methyl sites for hydroxylation is 1. The van der Waals surface area contributed by atoms with E-state index in [-0.39, 0.29) is 35.6 Å². The number of carbonyl (C=O) groups excluding carboxylic acids is 2. The number of halogens is 1. The predicted octanol–water partition coefficient (Wildman–Crippen LogP) is 6.12. The molecule has 5 atom stereocenters. The summed E-state index contributed by atoms with van der Waals surface area (Å²) in [4.78, 5) is 30.8. The fourth-order valence-corrected chi connectivity index (χ4v) is 8.80. The molecule has 2 N–H and O–H groups in total. The van der Waals surface area contributed by atoms with Crippen LogP contribution in [0.1, 0.15) is 87.7 Å². The van der Waals surface area contributed by atoms with Crippen LogP contribution in [-0.4, -0.2) is 67.3 Å². The van der Waals surface area contributed by atoms with Gasteiger partial charge in [-0.1, -0.05) is 36.7 Å². The van der Waals surface area contributed by atoms with E-state index >= 15 is 0 Å². The molecule has 3 aliphatic rings. The largest absolute Gasteiger partial charge is 0.487 e. The summed E-state index contributed by atoms with van der Waals surface area (Å²) in [6.45, 7) is 9.96. The molecule has 1 aliphatic carbocycles. The average molecular weight is 700 g/mol. The fourth-order valence-electron chi connectivity index (χ4n) is 7.32. The second kappa shape index (κ2) is 15.2. The molecule has 1 saturated carbocycles. The van der Waals surface area contributed by atoms with Gasteiger partial charge in [0, 0.05) is 36.8 Å². The Morgan fingerprint density at radius 1 is 1.10 bits per heavy atom. The summed E-state index contributed by atoms with van der Waals surface area (Å²) in [6.07, 6.45) is 8.17. The van der Waals surface area contributed by atoms with Gasteiger partial charge in [0.1, 0.15) is 12.4 Å². The molecule has 5 rings (SSSR count). The molecule has 2 aliphatic heterocycles. The Kier molecular flexibility index (Phi) is 11.5. The van der Waals surface area contributed by atoms with Crippen LogP contribution in [-0.2, 0) is 27.8 Å². The van der Waals surface area contributed by atoms with Crippen LogP contribution in [0.5, 0.6) is 5.75 Å². The first-order valence-electron chi connectivity index (χ1n) is 17.4. The zero-order valence-corrected chi connectivity index (χ0v) is 30.2. The van der Waals surface area contributed by atoms with Gasteiger partial charge in [-0.25, -0.2) is 13.1 Å². The third kappa shape index (κ3) is 8.03. The Bertz CT molecular complexity index is 1630. The maximum absolute atomic E-state index is 13.5. The smallest absolute Gasteiger partial charge is 0.264 e. The lowest BCUT2D eigenvalue weighted by atomic mass is 9.63. The third-order valence-electron chi connectivity index (χ3n) is 10.7. The monoisotopic (exact) mass is 699 g/mol. The highest BCUT2D eigenvalue weighted by molar-refractivity contribution is 7.90. The van der Waals surface area contributed by atoms with E-state index in [1.807, 2.05) is 45.0 Å². The van der Waals surface area contributed by atoms with E-state index in [1.54, 1.807) is 36.1 Å². The summed E-state index contributed by atoms with van der Waals surface area (Å²) >= 11 is 6.34. The van der Waals surface area contributed by atoms with Crippen LogP contribution in [0.3, 0.4) is 0 Å². The van der Waals surface area contributed by atoms with Gasteiger partial charge in [0.05, 0.1) is 23.0 Å². The summed E-state index contributed by atoms with van der Waals surface area (Å²) in [5, 5.41) is 12.1. The van der Waals surface area contributed by atoms with Crippen LogP contribution in [0.15, 0.2) is 48.6 Å². The molecule has 1 fully saturated rings. The number of nitrogens with zero attached hydrogens (tertiary/aromatic N) is 2. The number of amides is 2. The lowest BCUT2D eigenvalue weighted by Crippen LogP contribution is -2.52. The quantitative estimate of drug-likeness (QED) is 0.370. The van der Waals surface area contributed by atoms with Gasteiger partial charge in [0.25, 0.3) is 5.91 Å². The lowest BCUT2D eigenvalue weighted by Gasteiger charge is -2.48. The van der Waals surface area contributed by atoms with Crippen molar-refractivity contribution in [3.05, 3.63) is 70.3 Å². The molecule has 2 heterocycles. The van der Waals surface area contributed by atoms with Crippen LogP contribution in [0.4, 0.5) is 5.69 Å². The molecule has 2 bridgehead atoms. The van der Waals surface area contributed by atoms with Crippen molar-refractivity contribution in [2.24, 2.45) is 17.8 Å². The van der Waals surface area contributed by atoms with Crippen molar-refractivity contribution in [1.82, 2.24) is 9.62 Å². The Labute approximate surface area is 290 Å². The van der Waals surface area contributed by atoms with Crippen molar-refractivity contribution in [1.29, 1.82) is 0 Å². The molecule has 0 unspecified atom stereocenters. The van der Waals surface area contributed by atoms with E-state index in [0.717, 1.165) is 43.2 Å². The minimum atomic E-state index is -4.02. The molecule has 262 valence electrons. The Morgan fingerprint density at radius 2 is 1.88 bits per heavy atom. The highest BCUT2D eigenvalue weighted by atomic mass is 35.5. The van der Waals surface area contributed by atoms with E-state index in [4.69, 9.17) is 16.3 Å². The standard InChI is InChI=1S/C37H50ClN3O6S/c1-5-40(6-2)35(42)22-37(44)18-9-10-25(3)26(4)48(45,46)39-36(43)28-14-17-34-33(21-28)41(23-29-13-16-32(29)37)19-8-7-11-27-20-31(38)15-12-30(27)24-47-34/h9,12,14-15,17-18,20-21,25-26,29,32,44H,5-8,10-11,13,16,19,22-24H2,1-4H3,(H,39,43)/b18-9+/t25-,26+,29-,32+,37+/m0/s1. The highest BCUT2D eigenvalue weighted by Gasteiger charge is 2.47.